The molecular formula is C24H26N6O2S2. The number of hydrogen-bond donors (Lipinski definition) is 2. The van der Waals surface area contributed by atoms with Crippen molar-refractivity contribution in [1.82, 2.24) is 19.7 Å². The van der Waals surface area contributed by atoms with Gasteiger partial charge < -0.3 is 15.6 Å². The van der Waals surface area contributed by atoms with Crippen LogP contribution in [0.3, 0.4) is 0 Å². The van der Waals surface area contributed by atoms with Crippen LogP contribution in [-0.4, -0.2) is 37.3 Å². The Kier molecular flexibility index (Phi) is 6.51. The first-order valence-electron chi connectivity index (χ1n) is 11.6. The average Bonchev–Trinajstić information content (AvgIpc) is 3.36. The summed E-state index contributed by atoms with van der Waals surface area (Å²) in [6.45, 7) is 3.01. The Balaban J connectivity index is 1.35. The van der Waals surface area contributed by atoms with Gasteiger partial charge >= 0.3 is 0 Å². The van der Waals surface area contributed by atoms with Crippen LogP contribution in [0, 0.1) is 0 Å². The van der Waals surface area contributed by atoms with Gasteiger partial charge in [-0.25, -0.2) is 4.98 Å². The van der Waals surface area contributed by atoms with Gasteiger partial charge in [-0.2, -0.15) is 0 Å². The maximum absolute atomic E-state index is 12.7. The second-order valence-corrected chi connectivity index (χ2v) is 10.5. The predicted octanol–water partition coefficient (Wildman–Crippen LogP) is 4.55. The van der Waals surface area contributed by atoms with Crippen molar-refractivity contribution < 1.29 is 9.59 Å². The summed E-state index contributed by atoms with van der Waals surface area (Å²) in [5.74, 6) is -0.593. The molecule has 1 aliphatic carbocycles. The number of nitrogens with one attached hydrogen (secondary N) is 1. The number of thiophene rings is 1. The van der Waals surface area contributed by atoms with Crippen molar-refractivity contribution in [2.24, 2.45) is 5.73 Å². The Bertz CT molecular complexity index is 1390. The molecule has 0 radical (unpaired) electrons. The maximum Gasteiger partial charge on any atom is 0.251 e. The Labute approximate surface area is 205 Å². The van der Waals surface area contributed by atoms with E-state index in [2.05, 4.69) is 33.1 Å². The molecule has 4 aromatic rings. The van der Waals surface area contributed by atoms with Crippen molar-refractivity contribution in [3.8, 4) is 0 Å². The first-order chi connectivity index (χ1) is 16.6. The van der Waals surface area contributed by atoms with E-state index in [1.54, 1.807) is 0 Å². The second-order valence-electron chi connectivity index (χ2n) is 8.41. The number of benzene rings is 1. The maximum atomic E-state index is 12.7. The van der Waals surface area contributed by atoms with E-state index in [1.165, 1.54) is 23.1 Å². The highest BCUT2D eigenvalue weighted by atomic mass is 32.2. The number of amides is 2. The molecule has 3 N–H and O–H groups in total. The molecule has 8 nitrogen and oxygen atoms in total. The van der Waals surface area contributed by atoms with Gasteiger partial charge in [-0.1, -0.05) is 43.3 Å². The van der Waals surface area contributed by atoms with E-state index in [9.17, 15) is 9.59 Å². The van der Waals surface area contributed by atoms with Gasteiger partial charge in [0.15, 0.2) is 5.65 Å². The molecule has 3 heterocycles. The molecule has 0 saturated carbocycles. The zero-order chi connectivity index (χ0) is 23.7. The number of unbranched alkanes of at least 4 members (excludes halogenated alkanes) is 1. The Morgan fingerprint density at radius 1 is 1.21 bits per heavy atom. The molecule has 0 fully saturated rings. The van der Waals surface area contributed by atoms with Crippen LogP contribution in [0.15, 0.2) is 29.4 Å². The number of aromatic nitrogens is 4. The van der Waals surface area contributed by atoms with Crippen LogP contribution in [0.5, 0.6) is 0 Å². The van der Waals surface area contributed by atoms with E-state index in [0.29, 0.717) is 15.7 Å². The van der Waals surface area contributed by atoms with Crippen LogP contribution in [-0.2, 0) is 24.2 Å². The molecule has 5 rings (SSSR count). The number of aryl methyl sites for hydroxylation is 2. The largest absolute Gasteiger partial charge is 0.365 e. The smallest absolute Gasteiger partial charge is 0.251 e. The summed E-state index contributed by atoms with van der Waals surface area (Å²) in [4.78, 5) is 30.7. The topological polar surface area (TPSA) is 116 Å². The quantitative estimate of drug-likeness (QED) is 0.347. The third kappa shape index (κ3) is 4.27. The third-order valence-corrected chi connectivity index (χ3v) is 8.14. The molecule has 0 saturated heterocycles. The Hall–Kier alpha value is -2.98. The van der Waals surface area contributed by atoms with Crippen LogP contribution in [0.1, 0.15) is 53.4 Å². The van der Waals surface area contributed by atoms with Crippen LogP contribution in [0.2, 0.25) is 0 Å². The highest BCUT2D eigenvalue weighted by Crippen LogP contribution is 2.38. The van der Waals surface area contributed by atoms with Gasteiger partial charge in [0.2, 0.25) is 11.1 Å². The highest BCUT2D eigenvalue weighted by Gasteiger charge is 2.25. The van der Waals surface area contributed by atoms with Crippen LogP contribution in [0.4, 0.5) is 5.00 Å². The monoisotopic (exact) mass is 494 g/mol. The highest BCUT2D eigenvalue weighted by molar-refractivity contribution is 7.99. The molecule has 34 heavy (non-hydrogen) atoms. The molecule has 0 bridgehead atoms. The van der Waals surface area contributed by atoms with E-state index in [4.69, 9.17) is 10.7 Å². The summed E-state index contributed by atoms with van der Waals surface area (Å²) >= 11 is 2.70. The number of nitrogens with two attached hydrogens (primary N) is 1. The lowest BCUT2D eigenvalue weighted by Gasteiger charge is -2.11. The molecule has 0 unspecified atom stereocenters. The summed E-state index contributed by atoms with van der Waals surface area (Å²) in [5.41, 5.74) is 9.76. The zero-order valence-electron chi connectivity index (χ0n) is 19.0. The molecule has 1 aliphatic rings. The Morgan fingerprint density at radius 3 is 2.85 bits per heavy atom. The van der Waals surface area contributed by atoms with Gasteiger partial charge in [-0.05, 0) is 43.7 Å². The number of primary amides is 1. The summed E-state index contributed by atoms with van der Waals surface area (Å²) in [6, 6.07) is 8.11. The number of anilines is 1. The van der Waals surface area contributed by atoms with Gasteiger partial charge in [-0.15, -0.1) is 21.5 Å². The number of carbonyl (C=O) groups is 2. The normalized spacial score (nSPS) is 13.3. The van der Waals surface area contributed by atoms with Gasteiger partial charge in [0.05, 0.1) is 16.8 Å². The number of thioether (sulfide) groups is 1. The van der Waals surface area contributed by atoms with Crippen molar-refractivity contribution in [1.29, 1.82) is 0 Å². The standard InChI is InChI=1S/C24H26N6O2S2/c1-2-3-12-30-16-10-6-4-8-14(16)20-22(30)27-24(29-28-20)33-13-18(31)26-23-19(21(25)32)15-9-5-7-11-17(15)34-23/h4,6,8,10H,2-3,5,7,9,11-13H2,1H3,(H2,25,32)(H,26,31). The summed E-state index contributed by atoms with van der Waals surface area (Å²) < 4.78 is 2.18. The number of carbonyl (C=O) groups excluding carboxylic acids is 2. The van der Waals surface area contributed by atoms with Crippen molar-refractivity contribution in [3.63, 3.8) is 0 Å². The average molecular weight is 495 g/mol. The second kappa shape index (κ2) is 9.71. The van der Waals surface area contributed by atoms with E-state index in [-0.39, 0.29) is 11.7 Å². The van der Waals surface area contributed by atoms with Crippen molar-refractivity contribution in [3.05, 3.63) is 40.3 Å². The number of hydrogen-bond acceptors (Lipinski definition) is 7. The minimum atomic E-state index is -0.486. The van der Waals surface area contributed by atoms with Crippen molar-refractivity contribution >= 4 is 62.0 Å². The number of fused-ring (bicyclic) bond motifs is 4. The van der Waals surface area contributed by atoms with Crippen LogP contribution >= 0.6 is 23.1 Å². The lowest BCUT2D eigenvalue weighted by atomic mass is 9.95. The number of rotatable bonds is 8. The molecule has 2 amide bonds. The molecule has 0 atom stereocenters. The van der Waals surface area contributed by atoms with E-state index in [1.807, 2.05) is 18.2 Å². The minimum absolute atomic E-state index is 0.114. The van der Waals surface area contributed by atoms with Crippen molar-refractivity contribution in [2.45, 2.75) is 57.1 Å². The SMILES string of the molecule is CCCCn1c2ccccc2c2nnc(SCC(=O)Nc3sc4c(c3C(N)=O)CCCC4)nc21. The van der Waals surface area contributed by atoms with Gasteiger partial charge in [-0.3, -0.25) is 9.59 Å². The first-order valence-corrected chi connectivity index (χ1v) is 13.4. The minimum Gasteiger partial charge on any atom is -0.365 e. The fourth-order valence-electron chi connectivity index (χ4n) is 4.50. The third-order valence-electron chi connectivity index (χ3n) is 6.09. The van der Waals surface area contributed by atoms with E-state index in [0.717, 1.165) is 77.6 Å². The van der Waals surface area contributed by atoms with Crippen LogP contribution < -0.4 is 11.1 Å². The summed E-state index contributed by atoms with van der Waals surface area (Å²) in [7, 11) is 0. The predicted molar refractivity (Wildman–Crippen MR) is 137 cm³/mol. The lowest BCUT2D eigenvalue weighted by Crippen LogP contribution is -2.19. The fraction of sp³-hybridized carbons (Fsp3) is 0.375. The first kappa shape index (κ1) is 22.8. The van der Waals surface area contributed by atoms with Crippen LogP contribution in [0.25, 0.3) is 22.1 Å². The summed E-state index contributed by atoms with van der Waals surface area (Å²) in [5, 5.41) is 13.6. The fourth-order valence-corrected chi connectivity index (χ4v) is 6.39. The molecule has 176 valence electrons. The number of para-hydroxylation sites is 1. The molecule has 1 aromatic carbocycles. The molecular weight excluding hydrogens is 468 g/mol. The van der Waals surface area contributed by atoms with Gasteiger partial charge in [0, 0.05) is 16.8 Å². The van der Waals surface area contributed by atoms with Gasteiger partial charge in [0.25, 0.3) is 5.91 Å². The van der Waals surface area contributed by atoms with E-state index >= 15 is 0 Å². The van der Waals surface area contributed by atoms with Gasteiger partial charge in [0.1, 0.15) is 10.5 Å². The molecule has 10 heteroatoms. The number of nitrogens with zero attached hydrogens (tertiary/aromatic N) is 4. The molecule has 0 aliphatic heterocycles. The molecule has 3 aromatic heterocycles. The van der Waals surface area contributed by atoms with Crippen molar-refractivity contribution in [2.75, 3.05) is 11.1 Å². The van der Waals surface area contributed by atoms with E-state index < -0.39 is 5.91 Å². The Morgan fingerprint density at radius 2 is 2.03 bits per heavy atom. The summed E-state index contributed by atoms with van der Waals surface area (Å²) in [6.07, 6.45) is 6.01. The zero-order valence-corrected chi connectivity index (χ0v) is 20.6. The lowest BCUT2D eigenvalue weighted by molar-refractivity contribution is -0.113. The molecule has 0 spiro atoms.